The number of imidazole rings is 1. The topological polar surface area (TPSA) is 21.1 Å². The quantitative estimate of drug-likeness (QED) is 0.841. The number of nitrogens with zero attached hydrogens (tertiary/aromatic N) is 3. The molecule has 0 bridgehead atoms. The van der Waals surface area contributed by atoms with Gasteiger partial charge in [-0.1, -0.05) is 24.3 Å². The molecule has 3 heteroatoms. The monoisotopic (exact) mass is 297 g/mol. The lowest BCUT2D eigenvalue weighted by atomic mass is 9.90. The van der Waals surface area contributed by atoms with Crippen molar-refractivity contribution < 1.29 is 0 Å². The zero-order valence-corrected chi connectivity index (χ0v) is 13.8. The van der Waals surface area contributed by atoms with E-state index in [1.165, 1.54) is 55.7 Å². The summed E-state index contributed by atoms with van der Waals surface area (Å²) in [5, 5.41) is 0. The minimum Gasteiger partial charge on any atom is -0.337 e. The highest BCUT2D eigenvalue weighted by atomic mass is 15.2. The molecule has 0 unspecified atom stereocenters. The van der Waals surface area contributed by atoms with Crippen molar-refractivity contribution in [3.8, 4) is 0 Å². The molecule has 1 aliphatic rings. The summed E-state index contributed by atoms with van der Waals surface area (Å²) < 4.78 is 2.14. The van der Waals surface area contributed by atoms with E-state index in [9.17, 15) is 0 Å². The molecule has 0 N–H and O–H groups in total. The van der Waals surface area contributed by atoms with Crippen LogP contribution in [0.4, 0.5) is 0 Å². The van der Waals surface area contributed by atoms with Crippen LogP contribution in [-0.2, 0) is 20.0 Å². The summed E-state index contributed by atoms with van der Waals surface area (Å²) in [4.78, 5) is 7.04. The first-order valence-corrected chi connectivity index (χ1v) is 8.45. The van der Waals surface area contributed by atoms with Crippen LogP contribution in [0, 0.1) is 12.8 Å². The van der Waals surface area contributed by atoms with Gasteiger partial charge in [-0.3, -0.25) is 4.90 Å². The Kier molecular flexibility index (Phi) is 4.94. The van der Waals surface area contributed by atoms with Crippen LogP contribution in [0.2, 0.25) is 0 Å². The van der Waals surface area contributed by atoms with E-state index in [1.54, 1.807) is 0 Å². The average molecular weight is 297 g/mol. The van der Waals surface area contributed by atoms with Crippen LogP contribution in [-0.4, -0.2) is 27.5 Å². The van der Waals surface area contributed by atoms with Crippen LogP contribution in [0.15, 0.2) is 36.7 Å². The molecule has 0 radical (unpaired) electrons. The molecule has 2 heterocycles. The SMILES string of the molecule is Cc1ccccc1CC[C@@H]1CCCN(Cc2nccn2C)C1. The fraction of sp³-hybridized carbons (Fsp3) is 0.526. The first-order chi connectivity index (χ1) is 10.7. The molecule has 0 aliphatic carbocycles. The van der Waals surface area contributed by atoms with Crippen LogP contribution in [0.25, 0.3) is 0 Å². The zero-order chi connectivity index (χ0) is 15.4. The summed E-state index contributed by atoms with van der Waals surface area (Å²) in [5.41, 5.74) is 2.95. The number of piperidine rings is 1. The Hall–Kier alpha value is -1.61. The molecule has 1 atom stereocenters. The van der Waals surface area contributed by atoms with E-state index < -0.39 is 0 Å². The molecule has 3 nitrogen and oxygen atoms in total. The van der Waals surface area contributed by atoms with Crippen molar-refractivity contribution in [1.29, 1.82) is 0 Å². The van der Waals surface area contributed by atoms with Crippen LogP contribution < -0.4 is 0 Å². The maximum Gasteiger partial charge on any atom is 0.122 e. The summed E-state index contributed by atoms with van der Waals surface area (Å²) in [6.07, 6.45) is 9.16. The van der Waals surface area contributed by atoms with Crippen LogP contribution in [0.1, 0.15) is 36.2 Å². The van der Waals surface area contributed by atoms with Crippen molar-refractivity contribution in [2.45, 2.75) is 39.2 Å². The van der Waals surface area contributed by atoms with E-state index in [-0.39, 0.29) is 0 Å². The molecule has 22 heavy (non-hydrogen) atoms. The fourth-order valence-corrected chi connectivity index (χ4v) is 3.53. The van der Waals surface area contributed by atoms with Gasteiger partial charge in [0, 0.05) is 26.0 Å². The van der Waals surface area contributed by atoms with Crippen molar-refractivity contribution in [1.82, 2.24) is 14.5 Å². The van der Waals surface area contributed by atoms with E-state index in [0.717, 1.165) is 12.5 Å². The predicted molar refractivity (Wildman–Crippen MR) is 90.7 cm³/mol. The van der Waals surface area contributed by atoms with Crippen molar-refractivity contribution in [2.75, 3.05) is 13.1 Å². The van der Waals surface area contributed by atoms with Crippen LogP contribution >= 0.6 is 0 Å². The van der Waals surface area contributed by atoms with Crippen molar-refractivity contribution in [2.24, 2.45) is 13.0 Å². The lowest BCUT2D eigenvalue weighted by Gasteiger charge is -2.32. The predicted octanol–water partition coefficient (Wildman–Crippen LogP) is 3.57. The Morgan fingerprint density at radius 1 is 1.27 bits per heavy atom. The lowest BCUT2D eigenvalue weighted by molar-refractivity contribution is 0.157. The molecule has 0 amide bonds. The minimum absolute atomic E-state index is 0.827. The molecule has 3 rings (SSSR count). The van der Waals surface area contributed by atoms with Gasteiger partial charge in [-0.15, -0.1) is 0 Å². The van der Waals surface area contributed by atoms with Gasteiger partial charge in [-0.05, 0) is 56.2 Å². The molecule has 1 fully saturated rings. The molecular weight excluding hydrogens is 270 g/mol. The second-order valence-corrected chi connectivity index (χ2v) is 6.66. The first-order valence-electron chi connectivity index (χ1n) is 8.45. The molecule has 1 aromatic heterocycles. The van der Waals surface area contributed by atoms with Crippen LogP contribution in [0.3, 0.4) is 0 Å². The summed E-state index contributed by atoms with van der Waals surface area (Å²) in [7, 11) is 2.09. The fourth-order valence-electron chi connectivity index (χ4n) is 3.53. The van der Waals surface area contributed by atoms with Crippen molar-refractivity contribution >= 4 is 0 Å². The van der Waals surface area contributed by atoms with Gasteiger partial charge in [0.1, 0.15) is 5.82 Å². The van der Waals surface area contributed by atoms with Gasteiger partial charge in [0.25, 0.3) is 0 Å². The molecule has 118 valence electrons. The second kappa shape index (κ2) is 7.10. The maximum absolute atomic E-state index is 4.46. The van der Waals surface area contributed by atoms with E-state index in [2.05, 4.69) is 52.7 Å². The van der Waals surface area contributed by atoms with Gasteiger partial charge in [0.05, 0.1) is 6.54 Å². The number of hydrogen-bond acceptors (Lipinski definition) is 2. The molecule has 0 saturated carbocycles. The van der Waals surface area contributed by atoms with Crippen molar-refractivity contribution in [3.63, 3.8) is 0 Å². The molecule has 1 aromatic carbocycles. The number of likely N-dealkylation sites (tertiary alicyclic amines) is 1. The Balaban J connectivity index is 1.52. The standard InChI is InChI=1S/C19H27N3/c1-16-6-3-4-8-18(16)10-9-17-7-5-12-22(14-17)15-19-20-11-13-21(19)2/h3-4,6,8,11,13,17H,5,7,9-10,12,14-15H2,1-2H3/t17-/m0/s1. The van der Waals surface area contributed by atoms with Gasteiger partial charge in [-0.2, -0.15) is 0 Å². The highest BCUT2D eigenvalue weighted by Crippen LogP contribution is 2.23. The van der Waals surface area contributed by atoms with Crippen LogP contribution in [0.5, 0.6) is 0 Å². The largest absolute Gasteiger partial charge is 0.337 e. The van der Waals surface area contributed by atoms with Gasteiger partial charge >= 0.3 is 0 Å². The summed E-state index contributed by atoms with van der Waals surface area (Å²) in [5.74, 6) is 2.01. The summed E-state index contributed by atoms with van der Waals surface area (Å²) in [6.45, 7) is 5.65. The third kappa shape index (κ3) is 3.77. The molecule has 2 aromatic rings. The molecule has 0 spiro atoms. The summed E-state index contributed by atoms with van der Waals surface area (Å²) >= 11 is 0. The molecule has 1 saturated heterocycles. The van der Waals surface area contributed by atoms with Gasteiger partial charge < -0.3 is 4.57 Å². The second-order valence-electron chi connectivity index (χ2n) is 6.66. The molecule has 1 aliphatic heterocycles. The smallest absolute Gasteiger partial charge is 0.122 e. The molecular formula is C19H27N3. The number of benzene rings is 1. The Bertz CT molecular complexity index is 602. The zero-order valence-electron chi connectivity index (χ0n) is 13.8. The van der Waals surface area contributed by atoms with E-state index in [0.29, 0.717) is 0 Å². The highest BCUT2D eigenvalue weighted by molar-refractivity contribution is 5.25. The Morgan fingerprint density at radius 2 is 2.14 bits per heavy atom. The normalized spacial score (nSPS) is 19.5. The maximum atomic E-state index is 4.46. The summed E-state index contributed by atoms with van der Waals surface area (Å²) in [6, 6.07) is 8.80. The third-order valence-corrected chi connectivity index (χ3v) is 4.97. The average Bonchev–Trinajstić information content (AvgIpc) is 2.92. The number of aromatic nitrogens is 2. The van der Waals surface area contributed by atoms with E-state index in [1.807, 2.05) is 12.4 Å². The van der Waals surface area contributed by atoms with Gasteiger partial charge in [0.15, 0.2) is 0 Å². The third-order valence-electron chi connectivity index (χ3n) is 4.97. The number of rotatable bonds is 5. The first kappa shape index (κ1) is 15.3. The van der Waals surface area contributed by atoms with E-state index >= 15 is 0 Å². The van der Waals surface area contributed by atoms with Gasteiger partial charge in [0.2, 0.25) is 0 Å². The number of aryl methyl sites for hydroxylation is 3. The Labute approximate surface area is 134 Å². The number of hydrogen-bond donors (Lipinski definition) is 0. The Morgan fingerprint density at radius 3 is 2.91 bits per heavy atom. The van der Waals surface area contributed by atoms with E-state index in [4.69, 9.17) is 0 Å². The lowest BCUT2D eigenvalue weighted by Crippen LogP contribution is -2.35. The highest BCUT2D eigenvalue weighted by Gasteiger charge is 2.20. The van der Waals surface area contributed by atoms with Gasteiger partial charge in [-0.25, -0.2) is 4.98 Å². The van der Waals surface area contributed by atoms with Crippen molar-refractivity contribution in [3.05, 3.63) is 53.6 Å². The minimum atomic E-state index is 0.827.